The van der Waals surface area contributed by atoms with Gasteiger partial charge in [-0.25, -0.2) is 9.65 Å². The molecule has 0 radical (unpaired) electrons. The number of thioether (sulfide) groups is 1. The Hall–Kier alpha value is -2.53. The molecule has 2 aromatic rings. The Bertz CT molecular complexity index is 1010. The molecule has 2 N–H and O–H groups in total. The lowest BCUT2D eigenvalue weighted by Gasteiger charge is -2.23. The van der Waals surface area contributed by atoms with E-state index >= 15 is 0 Å². The Kier molecular flexibility index (Phi) is 4.79. The number of allylic oxidation sites excluding steroid dienone is 2. The lowest BCUT2D eigenvalue weighted by molar-refractivity contribution is 0.570. The molecule has 8 heteroatoms. The van der Waals surface area contributed by atoms with E-state index in [-0.39, 0.29) is 12.5 Å². The molecule has 0 unspecified atom stereocenters. The van der Waals surface area contributed by atoms with Crippen LogP contribution in [0.1, 0.15) is 12.8 Å². The Morgan fingerprint density at radius 2 is 2.22 bits per heavy atom. The molecule has 27 heavy (non-hydrogen) atoms. The normalized spacial score (nSPS) is 19.6. The van der Waals surface area contributed by atoms with Crippen LogP contribution in [0.15, 0.2) is 41.1 Å². The van der Waals surface area contributed by atoms with E-state index in [1.807, 2.05) is 6.07 Å². The number of nitrogens with zero attached hydrogens (tertiary/aromatic N) is 3. The molecule has 1 aromatic carbocycles. The van der Waals surface area contributed by atoms with Crippen LogP contribution in [0.2, 0.25) is 12.6 Å². The highest BCUT2D eigenvalue weighted by molar-refractivity contribution is 8.18. The minimum Gasteiger partial charge on any atom is -0.361 e. The number of halogens is 1. The van der Waals surface area contributed by atoms with Crippen LogP contribution in [0.25, 0.3) is 10.9 Å². The van der Waals surface area contributed by atoms with Crippen LogP contribution < -0.4 is 5.32 Å². The first-order valence-electron chi connectivity index (χ1n) is 9.01. The summed E-state index contributed by atoms with van der Waals surface area (Å²) in [5.41, 5.74) is 1.80. The number of benzene rings is 1. The maximum Gasteiger partial charge on any atom is 0.267 e. The van der Waals surface area contributed by atoms with Gasteiger partial charge in [-0.15, -0.1) is 0 Å². The van der Waals surface area contributed by atoms with E-state index in [1.165, 1.54) is 22.7 Å². The van der Waals surface area contributed by atoms with Gasteiger partial charge in [0.1, 0.15) is 10.6 Å². The molecular weight excluding hydrogens is 360 g/mol. The summed E-state index contributed by atoms with van der Waals surface area (Å²) in [6.07, 6.45) is 9.49. The molecule has 3 heterocycles. The molecule has 2 aliphatic rings. The molecule has 0 bridgehead atoms. The molecule has 136 valence electrons. The lowest BCUT2D eigenvalue weighted by atomic mass is 9.42. The molecule has 4 rings (SSSR count). The van der Waals surface area contributed by atoms with E-state index in [2.05, 4.69) is 22.5 Å². The molecule has 5 nitrogen and oxygen atoms in total. The Morgan fingerprint density at radius 1 is 1.44 bits per heavy atom. The molecule has 0 aliphatic carbocycles. The highest BCUT2D eigenvalue weighted by atomic mass is 32.2. The molecule has 1 aromatic heterocycles. The fourth-order valence-electron chi connectivity index (χ4n) is 3.70. The van der Waals surface area contributed by atoms with Crippen molar-refractivity contribution < 1.29 is 4.39 Å². The van der Waals surface area contributed by atoms with Crippen molar-refractivity contribution in [3.8, 4) is 5.97 Å². The molecule has 0 atom stereocenters. The average Bonchev–Trinajstić information content (AvgIpc) is 3.22. The van der Waals surface area contributed by atoms with Gasteiger partial charge in [0.2, 0.25) is 0 Å². The van der Waals surface area contributed by atoms with Gasteiger partial charge in [-0.2, -0.15) is 5.10 Å². The second-order valence-electron chi connectivity index (χ2n) is 7.10. The zero-order valence-corrected chi connectivity index (χ0v) is 15.8. The summed E-state index contributed by atoms with van der Waals surface area (Å²) in [5.74, 6) is 2.44. The lowest BCUT2D eigenvalue weighted by Crippen LogP contribution is -2.20. The van der Waals surface area contributed by atoms with E-state index in [0.29, 0.717) is 22.2 Å². The average molecular weight is 379 g/mol. The van der Waals surface area contributed by atoms with Gasteiger partial charge < -0.3 is 5.32 Å². The van der Waals surface area contributed by atoms with Crippen molar-refractivity contribution in [1.82, 2.24) is 9.78 Å². The van der Waals surface area contributed by atoms with Gasteiger partial charge in [-0.1, -0.05) is 37.2 Å². The number of aryl methyl sites for hydroxylation is 1. The summed E-state index contributed by atoms with van der Waals surface area (Å²) >= 11 is 1.50. The minimum absolute atomic E-state index is 0.182. The van der Waals surface area contributed by atoms with Crippen molar-refractivity contribution in [3.05, 3.63) is 46.9 Å². The fraction of sp³-hybridized carbons (Fsp3) is 0.316. The first kappa shape index (κ1) is 17.9. The maximum atomic E-state index is 14.2. The Labute approximate surface area is 161 Å². The number of hydrogen-bond donors (Lipinski definition) is 2. The number of nitrogens with one attached hydrogen (secondary N) is 2. The van der Waals surface area contributed by atoms with E-state index in [0.717, 1.165) is 36.4 Å². The second kappa shape index (κ2) is 7.24. The van der Waals surface area contributed by atoms with Crippen LogP contribution in [0.4, 0.5) is 10.1 Å². The van der Waals surface area contributed by atoms with Crippen LogP contribution in [0.3, 0.4) is 0 Å². The number of rotatable bonds is 3. The van der Waals surface area contributed by atoms with E-state index < -0.39 is 0 Å². The van der Waals surface area contributed by atoms with Crippen LogP contribution in [-0.4, -0.2) is 21.5 Å². The number of hydrogen-bond acceptors (Lipinski definition) is 5. The highest BCUT2D eigenvalue weighted by Crippen LogP contribution is 2.42. The summed E-state index contributed by atoms with van der Waals surface area (Å²) in [7, 11) is 1.77. The molecule has 0 spiro atoms. The number of nitriles is 1. The summed E-state index contributed by atoms with van der Waals surface area (Å²) in [4.78, 5) is 1.21. The number of aromatic nitrogens is 2. The van der Waals surface area contributed by atoms with Crippen LogP contribution >= 0.6 is 11.8 Å². The van der Waals surface area contributed by atoms with Crippen molar-refractivity contribution >= 4 is 40.1 Å². The van der Waals surface area contributed by atoms with Gasteiger partial charge in [0.15, 0.2) is 5.82 Å². The molecule has 0 amide bonds. The van der Waals surface area contributed by atoms with Crippen LogP contribution in [-0.2, 0) is 7.05 Å². The van der Waals surface area contributed by atoms with Gasteiger partial charge in [-0.05, 0) is 29.0 Å². The predicted molar refractivity (Wildman–Crippen MR) is 109 cm³/mol. The summed E-state index contributed by atoms with van der Waals surface area (Å²) in [5, 5.41) is 25.7. The van der Waals surface area contributed by atoms with Gasteiger partial charge in [0.05, 0.1) is 0 Å². The SMILES string of the molecule is Cn1cc2cc(N/C=C3/C=C(C4CCB(C#N)CC4)SC3=N)cc(F)c2n1. The smallest absolute Gasteiger partial charge is 0.267 e. The van der Waals surface area contributed by atoms with Gasteiger partial charge in [0, 0.05) is 42.1 Å². The predicted octanol–water partition coefficient (Wildman–Crippen LogP) is 4.58. The molecular formula is C19H19BFN5S. The first-order valence-corrected chi connectivity index (χ1v) is 9.82. The van der Waals surface area contributed by atoms with Crippen molar-refractivity contribution in [2.45, 2.75) is 25.5 Å². The third-order valence-corrected chi connectivity index (χ3v) is 6.29. The zero-order chi connectivity index (χ0) is 19.0. The van der Waals surface area contributed by atoms with Gasteiger partial charge >= 0.3 is 0 Å². The van der Waals surface area contributed by atoms with Crippen molar-refractivity contribution in [1.29, 1.82) is 10.7 Å². The van der Waals surface area contributed by atoms with E-state index in [9.17, 15) is 4.39 Å². The summed E-state index contributed by atoms with van der Waals surface area (Å²) < 4.78 is 15.8. The van der Waals surface area contributed by atoms with E-state index in [4.69, 9.17) is 10.7 Å². The summed E-state index contributed by atoms with van der Waals surface area (Å²) in [6, 6.07) is 3.27. The second-order valence-corrected chi connectivity index (χ2v) is 8.18. The Morgan fingerprint density at radius 3 is 2.96 bits per heavy atom. The maximum absolute atomic E-state index is 14.2. The third-order valence-electron chi connectivity index (χ3n) is 5.16. The number of fused-ring (bicyclic) bond motifs is 1. The number of anilines is 1. The van der Waals surface area contributed by atoms with Crippen LogP contribution in [0, 0.1) is 28.4 Å². The largest absolute Gasteiger partial charge is 0.361 e. The minimum atomic E-state index is -0.365. The summed E-state index contributed by atoms with van der Waals surface area (Å²) in [6.45, 7) is 0.182. The molecule has 1 saturated heterocycles. The first-order chi connectivity index (χ1) is 13.0. The fourth-order valence-corrected chi connectivity index (χ4v) is 4.76. The van der Waals surface area contributed by atoms with E-state index in [1.54, 1.807) is 24.1 Å². The molecule has 0 saturated carbocycles. The van der Waals surface area contributed by atoms with Crippen molar-refractivity contribution in [2.75, 3.05) is 5.32 Å². The third kappa shape index (κ3) is 3.65. The van der Waals surface area contributed by atoms with Gasteiger partial charge in [0.25, 0.3) is 6.71 Å². The Balaban J connectivity index is 1.50. The standard InChI is InChI=1S/C19H19BFN5S/c1-26-10-14-6-15(8-16(21)18(14)25-26)24-9-13-7-17(27-19(13)23)12-2-4-20(11-22)5-3-12/h6-10,12,23-24H,2-5H2,1H3/b13-9-,23-19?. The highest BCUT2D eigenvalue weighted by Gasteiger charge is 2.30. The quantitative estimate of drug-likeness (QED) is 0.765. The van der Waals surface area contributed by atoms with Crippen molar-refractivity contribution in [3.63, 3.8) is 0 Å². The molecule has 1 fully saturated rings. The zero-order valence-electron chi connectivity index (χ0n) is 15.0. The van der Waals surface area contributed by atoms with Crippen LogP contribution in [0.5, 0.6) is 0 Å². The topological polar surface area (TPSA) is 77.5 Å². The van der Waals surface area contributed by atoms with Crippen molar-refractivity contribution in [2.24, 2.45) is 13.0 Å². The van der Waals surface area contributed by atoms with Gasteiger partial charge in [-0.3, -0.25) is 10.1 Å². The molecule has 2 aliphatic heterocycles. The monoisotopic (exact) mass is 379 g/mol.